The highest BCUT2D eigenvalue weighted by Gasteiger charge is 2.18. The molecule has 0 unspecified atom stereocenters. The van der Waals surface area contributed by atoms with Crippen molar-refractivity contribution in [2.24, 2.45) is 0 Å². The van der Waals surface area contributed by atoms with Gasteiger partial charge in [-0.2, -0.15) is 0 Å². The van der Waals surface area contributed by atoms with Crippen LogP contribution in [0.3, 0.4) is 0 Å². The number of fused-ring (bicyclic) bond motifs is 1. The predicted molar refractivity (Wildman–Crippen MR) is 74.7 cm³/mol. The van der Waals surface area contributed by atoms with Crippen LogP contribution in [0.5, 0.6) is 0 Å². The number of nitrogens with one attached hydrogen (secondary N) is 1. The number of anilines is 1. The van der Waals surface area contributed by atoms with Crippen LogP contribution in [0.15, 0.2) is 30.3 Å². The summed E-state index contributed by atoms with van der Waals surface area (Å²) in [5, 5.41) is 1.68. The highest BCUT2D eigenvalue weighted by atomic mass is 32.2. The highest BCUT2D eigenvalue weighted by Crippen LogP contribution is 2.24. The molecule has 98 valence electrons. The molecule has 0 atom stereocenters. The molecule has 0 saturated carbocycles. The van der Waals surface area contributed by atoms with Crippen molar-refractivity contribution in [1.29, 1.82) is 0 Å². The van der Waals surface area contributed by atoms with Crippen LogP contribution in [0, 0.1) is 0 Å². The Balaban J connectivity index is 2.14. The van der Waals surface area contributed by atoms with Gasteiger partial charge in [0, 0.05) is 0 Å². The smallest absolute Gasteiger partial charge is 0.228 e. The Morgan fingerprint density at radius 1 is 1.33 bits per heavy atom. The Morgan fingerprint density at radius 3 is 2.89 bits per heavy atom. The molecule has 1 aliphatic heterocycles. The van der Waals surface area contributed by atoms with E-state index in [2.05, 4.69) is 4.83 Å². The van der Waals surface area contributed by atoms with E-state index in [-0.39, 0.29) is 5.75 Å². The molecule has 1 aromatic carbocycles. The molecule has 2 rings (SSSR count). The van der Waals surface area contributed by atoms with Crippen LogP contribution in [0.4, 0.5) is 5.69 Å². The minimum absolute atomic E-state index is 0.173. The molecule has 5 heteroatoms. The van der Waals surface area contributed by atoms with Crippen LogP contribution in [-0.4, -0.2) is 20.7 Å². The number of unbranched alkanes of at least 4 members (excludes halogenated alkanes) is 1. The molecule has 0 bridgehead atoms. The van der Waals surface area contributed by atoms with Gasteiger partial charge >= 0.3 is 0 Å². The Hall–Kier alpha value is -1.33. The van der Waals surface area contributed by atoms with E-state index in [0.717, 1.165) is 17.7 Å². The summed E-state index contributed by atoms with van der Waals surface area (Å²) in [7, 11) is -3.24. The van der Waals surface area contributed by atoms with E-state index in [1.165, 1.54) is 0 Å². The number of hydrogen-bond acceptors (Lipinski definition) is 3. The first-order valence-corrected chi connectivity index (χ1v) is 7.81. The van der Waals surface area contributed by atoms with Gasteiger partial charge in [-0.1, -0.05) is 43.7 Å². The zero-order valence-corrected chi connectivity index (χ0v) is 11.3. The van der Waals surface area contributed by atoms with Crippen molar-refractivity contribution < 1.29 is 8.42 Å². The van der Waals surface area contributed by atoms with Gasteiger partial charge in [-0.15, -0.1) is 4.83 Å². The van der Waals surface area contributed by atoms with Gasteiger partial charge in [0.2, 0.25) is 10.0 Å². The first-order chi connectivity index (χ1) is 8.62. The molecule has 1 aromatic rings. The van der Waals surface area contributed by atoms with E-state index in [0.29, 0.717) is 13.0 Å². The number of para-hydroxylation sites is 1. The molecule has 0 aromatic heterocycles. The second-order valence-electron chi connectivity index (χ2n) is 4.34. The van der Waals surface area contributed by atoms with E-state index >= 15 is 0 Å². The van der Waals surface area contributed by atoms with E-state index in [1.807, 2.05) is 43.3 Å². The number of hydrazine groups is 1. The fourth-order valence-electron chi connectivity index (χ4n) is 1.89. The normalized spacial score (nSPS) is 14.6. The predicted octanol–water partition coefficient (Wildman–Crippen LogP) is 2.15. The number of hydrogen-bond donors (Lipinski definition) is 1. The van der Waals surface area contributed by atoms with Crippen molar-refractivity contribution in [2.45, 2.75) is 19.8 Å². The molecule has 4 nitrogen and oxygen atoms in total. The summed E-state index contributed by atoms with van der Waals surface area (Å²) in [4.78, 5) is 2.64. The van der Waals surface area contributed by atoms with Crippen molar-refractivity contribution in [3.05, 3.63) is 35.9 Å². The lowest BCUT2D eigenvalue weighted by atomic mass is 10.1. The third kappa shape index (κ3) is 3.11. The zero-order chi connectivity index (χ0) is 13.0. The molecule has 1 N–H and O–H groups in total. The summed E-state index contributed by atoms with van der Waals surface area (Å²) in [5.74, 6) is 0.173. The fraction of sp³-hybridized carbons (Fsp3) is 0.385. The highest BCUT2D eigenvalue weighted by molar-refractivity contribution is 7.89. The first-order valence-electron chi connectivity index (χ1n) is 6.15. The maximum absolute atomic E-state index is 11.9. The third-order valence-electron chi connectivity index (χ3n) is 2.83. The molecule has 1 aliphatic rings. The Morgan fingerprint density at radius 2 is 2.11 bits per heavy atom. The van der Waals surface area contributed by atoms with E-state index in [1.54, 1.807) is 5.01 Å². The summed E-state index contributed by atoms with van der Waals surface area (Å²) in [6, 6.07) is 7.74. The molecule has 0 fully saturated rings. The molecular formula is C13H18N2O2S. The molecule has 18 heavy (non-hydrogen) atoms. The Labute approximate surface area is 108 Å². The van der Waals surface area contributed by atoms with Crippen LogP contribution < -0.4 is 9.84 Å². The molecule has 1 heterocycles. The molecule has 0 aliphatic carbocycles. The van der Waals surface area contributed by atoms with Crippen LogP contribution in [0.25, 0.3) is 6.08 Å². The van der Waals surface area contributed by atoms with Crippen LogP contribution in [-0.2, 0) is 10.0 Å². The van der Waals surface area contributed by atoms with Gasteiger partial charge in [0.25, 0.3) is 0 Å². The first kappa shape index (κ1) is 13.1. The zero-order valence-electron chi connectivity index (χ0n) is 10.5. The van der Waals surface area contributed by atoms with Gasteiger partial charge in [-0.3, -0.25) is 5.01 Å². The molecule has 0 saturated heterocycles. The van der Waals surface area contributed by atoms with Gasteiger partial charge in [0.05, 0.1) is 18.0 Å². The average Bonchev–Trinajstić information content (AvgIpc) is 2.37. The minimum Gasteiger partial charge on any atom is -0.291 e. The van der Waals surface area contributed by atoms with E-state index in [9.17, 15) is 8.42 Å². The van der Waals surface area contributed by atoms with Crippen LogP contribution in [0.2, 0.25) is 0 Å². The minimum atomic E-state index is -3.24. The maximum atomic E-state index is 11.9. The Kier molecular flexibility index (Phi) is 4.04. The van der Waals surface area contributed by atoms with E-state index < -0.39 is 10.0 Å². The largest absolute Gasteiger partial charge is 0.291 e. The molecule has 0 spiro atoms. The topological polar surface area (TPSA) is 49.4 Å². The summed E-state index contributed by atoms with van der Waals surface area (Å²) in [5.41, 5.74) is 1.93. The van der Waals surface area contributed by atoms with Crippen LogP contribution in [0.1, 0.15) is 25.3 Å². The van der Waals surface area contributed by atoms with Gasteiger partial charge in [0.1, 0.15) is 0 Å². The molecular weight excluding hydrogens is 248 g/mol. The Bertz CT molecular complexity index is 538. The van der Waals surface area contributed by atoms with Gasteiger partial charge in [0.15, 0.2) is 0 Å². The summed E-state index contributed by atoms with van der Waals surface area (Å²) in [6.07, 6.45) is 5.51. The lowest BCUT2D eigenvalue weighted by molar-refractivity contribution is 0.575. The number of sulfonamides is 1. The van der Waals surface area contributed by atoms with Crippen molar-refractivity contribution in [1.82, 2.24) is 4.83 Å². The van der Waals surface area contributed by atoms with Gasteiger partial charge in [-0.25, -0.2) is 8.42 Å². The molecule has 0 radical (unpaired) electrons. The third-order valence-corrected chi connectivity index (χ3v) is 4.15. The van der Waals surface area contributed by atoms with Crippen molar-refractivity contribution in [3.8, 4) is 0 Å². The number of nitrogens with zero attached hydrogens (tertiary/aromatic N) is 1. The average molecular weight is 266 g/mol. The summed E-state index contributed by atoms with van der Waals surface area (Å²) in [6.45, 7) is 2.54. The van der Waals surface area contributed by atoms with Crippen molar-refractivity contribution in [2.75, 3.05) is 17.3 Å². The monoisotopic (exact) mass is 266 g/mol. The maximum Gasteiger partial charge on any atom is 0.228 e. The van der Waals surface area contributed by atoms with Gasteiger partial charge in [-0.05, 0) is 18.1 Å². The van der Waals surface area contributed by atoms with Gasteiger partial charge < -0.3 is 0 Å². The lowest BCUT2D eigenvalue weighted by Crippen LogP contribution is -2.44. The summed E-state index contributed by atoms with van der Waals surface area (Å²) >= 11 is 0. The SMILES string of the molecule is CCCCS(=O)(=O)NN1CC=Cc2ccccc21. The lowest BCUT2D eigenvalue weighted by Gasteiger charge is -2.28. The second-order valence-corrected chi connectivity index (χ2v) is 6.16. The number of rotatable bonds is 5. The standard InChI is InChI=1S/C13H18N2O2S/c1-2-3-11-18(16,17)14-15-10-6-8-12-7-4-5-9-13(12)15/h4-9,14H,2-3,10-11H2,1H3. The van der Waals surface area contributed by atoms with Crippen molar-refractivity contribution in [3.63, 3.8) is 0 Å². The van der Waals surface area contributed by atoms with Crippen molar-refractivity contribution >= 4 is 21.8 Å². The van der Waals surface area contributed by atoms with E-state index in [4.69, 9.17) is 0 Å². The second kappa shape index (κ2) is 5.54. The summed E-state index contributed by atoms with van der Waals surface area (Å²) < 4.78 is 23.8. The fourth-order valence-corrected chi connectivity index (χ4v) is 3.16. The molecule has 0 amide bonds. The quantitative estimate of drug-likeness (QED) is 0.888. The number of benzene rings is 1. The van der Waals surface area contributed by atoms with Crippen LogP contribution >= 0.6 is 0 Å².